The number of anilines is 1. The van der Waals surface area contributed by atoms with Crippen molar-refractivity contribution in [3.05, 3.63) is 70.6 Å². The molecule has 3 aliphatic rings. The van der Waals surface area contributed by atoms with Gasteiger partial charge in [-0.25, -0.2) is 9.79 Å². The van der Waals surface area contributed by atoms with E-state index in [9.17, 15) is 19.2 Å². The van der Waals surface area contributed by atoms with Crippen molar-refractivity contribution in [3.8, 4) is 22.5 Å². The van der Waals surface area contributed by atoms with Crippen molar-refractivity contribution in [1.82, 2.24) is 9.96 Å². The summed E-state index contributed by atoms with van der Waals surface area (Å²) in [5.74, 6) is -0.961. The van der Waals surface area contributed by atoms with Gasteiger partial charge in [-0.15, -0.1) is 5.06 Å². The first kappa shape index (κ1) is 33.4. The Bertz CT molecular complexity index is 1860. The van der Waals surface area contributed by atoms with Gasteiger partial charge in [0.1, 0.15) is 17.9 Å². The van der Waals surface area contributed by atoms with E-state index >= 15 is 0 Å². The maximum absolute atomic E-state index is 14.0. The lowest BCUT2D eigenvalue weighted by Gasteiger charge is -2.22. The standard InChI is InChI=1S/C37H42N4O6/c1-6-38-29-21-31-27(19-23(29)3)36(28-20-24(4)30(39-7-2)22-32(28)46-31)25-13-10-11-14-26(25)37(45)40(5)18-12-8-9-15-35(44)47-41-33(42)16-17-34(41)43/h10-11,13-14,19-22,38H,6-9,12,15-18H2,1-5H3/p+1. The van der Waals surface area contributed by atoms with E-state index in [4.69, 9.17) is 9.25 Å². The minimum atomic E-state index is -0.610. The van der Waals surface area contributed by atoms with Crippen LogP contribution in [0.15, 0.2) is 52.9 Å². The minimum Gasteiger partial charge on any atom is -0.456 e. The van der Waals surface area contributed by atoms with Gasteiger partial charge in [0.05, 0.1) is 6.07 Å². The maximum Gasteiger partial charge on any atom is 0.333 e. The predicted octanol–water partition coefficient (Wildman–Crippen LogP) is 4.49. The quantitative estimate of drug-likeness (QED) is 0.133. The van der Waals surface area contributed by atoms with Crippen LogP contribution < -0.4 is 15.7 Å². The Hall–Kier alpha value is -4.99. The van der Waals surface area contributed by atoms with Gasteiger partial charge in [0.15, 0.2) is 0 Å². The molecule has 0 atom stereocenters. The van der Waals surface area contributed by atoms with E-state index in [0.717, 1.165) is 68.7 Å². The van der Waals surface area contributed by atoms with Crippen LogP contribution in [0.2, 0.25) is 0 Å². The van der Waals surface area contributed by atoms with Crippen LogP contribution in [0.5, 0.6) is 0 Å². The molecule has 2 aliphatic heterocycles. The number of hydrogen-bond acceptors (Lipinski definition) is 7. The lowest BCUT2D eigenvalue weighted by molar-refractivity contribution is -0.496. The van der Waals surface area contributed by atoms with E-state index in [2.05, 4.69) is 50.1 Å². The van der Waals surface area contributed by atoms with Crippen molar-refractivity contribution in [1.29, 1.82) is 0 Å². The van der Waals surface area contributed by atoms with Gasteiger partial charge in [0.2, 0.25) is 5.36 Å². The molecule has 0 bridgehead atoms. The summed E-state index contributed by atoms with van der Waals surface area (Å²) in [5, 5.41) is 5.93. The second-order valence-electron chi connectivity index (χ2n) is 12.0. The highest BCUT2D eigenvalue weighted by molar-refractivity contribution is 6.09. The number of aryl methyl sites for hydroxylation is 2. The fourth-order valence-corrected chi connectivity index (χ4v) is 6.05. The number of fused-ring (bicyclic) bond motifs is 2. The normalized spacial score (nSPS) is 13.6. The first-order valence-electron chi connectivity index (χ1n) is 16.4. The number of carbonyl (C=O) groups is 4. The molecule has 2 aromatic rings. The number of benzene rings is 3. The molecular formula is C37H43N4O6+. The molecule has 246 valence electrons. The van der Waals surface area contributed by atoms with E-state index in [0.29, 0.717) is 36.4 Å². The van der Waals surface area contributed by atoms with Crippen molar-refractivity contribution in [3.63, 3.8) is 0 Å². The molecule has 5 rings (SSSR count). The zero-order chi connectivity index (χ0) is 33.7. The molecule has 2 N–H and O–H groups in total. The summed E-state index contributed by atoms with van der Waals surface area (Å²) >= 11 is 0. The molecule has 3 amide bonds. The molecule has 2 heterocycles. The molecule has 0 spiro atoms. The third-order valence-corrected chi connectivity index (χ3v) is 8.49. The number of hydroxylamine groups is 2. The van der Waals surface area contributed by atoms with E-state index in [1.165, 1.54) is 0 Å². The van der Waals surface area contributed by atoms with Crippen molar-refractivity contribution in [2.45, 2.75) is 66.2 Å². The average Bonchev–Trinajstić information content (AvgIpc) is 3.36. The fraction of sp³-hybridized carbons (Fsp3) is 0.378. The first-order chi connectivity index (χ1) is 22.6. The summed E-state index contributed by atoms with van der Waals surface area (Å²) in [6.45, 7) is 10.3. The molecule has 0 unspecified atom stereocenters. The van der Waals surface area contributed by atoms with Crippen molar-refractivity contribution < 1.29 is 33.4 Å². The topological polar surface area (TPSA) is 123 Å². The van der Waals surface area contributed by atoms with E-state index in [1.54, 1.807) is 11.9 Å². The lowest BCUT2D eigenvalue weighted by atomic mass is 9.89. The third kappa shape index (κ3) is 7.21. The van der Waals surface area contributed by atoms with E-state index < -0.39 is 17.8 Å². The molecule has 10 nitrogen and oxygen atoms in total. The second kappa shape index (κ2) is 14.6. The van der Waals surface area contributed by atoms with Gasteiger partial charge in [-0.05, 0) is 69.9 Å². The number of unbranched alkanes of at least 4 members (excludes halogenated alkanes) is 2. The van der Waals surface area contributed by atoms with Crippen molar-refractivity contribution in [2.24, 2.45) is 0 Å². The summed E-state index contributed by atoms with van der Waals surface area (Å²) in [6, 6.07) is 16.0. The smallest absolute Gasteiger partial charge is 0.333 e. The minimum absolute atomic E-state index is 0.0652. The number of rotatable bonds is 12. The Morgan fingerprint density at radius 2 is 1.70 bits per heavy atom. The van der Waals surface area contributed by atoms with Crippen LogP contribution >= 0.6 is 0 Å². The van der Waals surface area contributed by atoms with Gasteiger partial charge < -0.3 is 19.5 Å². The summed E-state index contributed by atoms with van der Waals surface area (Å²) in [5.41, 5.74) is 7.20. The van der Waals surface area contributed by atoms with Gasteiger partial charge in [0, 0.05) is 78.8 Å². The average molecular weight is 640 g/mol. The molecule has 0 aromatic heterocycles. The summed E-state index contributed by atoms with van der Waals surface area (Å²) in [4.78, 5) is 59.6. The molecule has 0 saturated carbocycles. The van der Waals surface area contributed by atoms with Gasteiger partial charge >= 0.3 is 5.97 Å². The van der Waals surface area contributed by atoms with Crippen molar-refractivity contribution >= 4 is 40.3 Å². The molecule has 1 aliphatic carbocycles. The molecule has 1 fully saturated rings. The molecule has 10 heteroatoms. The van der Waals surface area contributed by atoms with E-state index in [1.807, 2.05) is 36.4 Å². The van der Waals surface area contributed by atoms with Crippen LogP contribution in [-0.4, -0.2) is 60.3 Å². The Labute approximate surface area is 274 Å². The van der Waals surface area contributed by atoms with Crippen LogP contribution in [0.1, 0.15) is 73.9 Å². The van der Waals surface area contributed by atoms with Crippen LogP contribution in [0.4, 0.5) is 5.69 Å². The molecular weight excluding hydrogens is 596 g/mol. The first-order valence-corrected chi connectivity index (χ1v) is 16.4. The Morgan fingerprint density at radius 1 is 0.957 bits per heavy atom. The van der Waals surface area contributed by atoms with Gasteiger partial charge in [-0.2, -0.15) is 0 Å². The molecule has 2 aromatic carbocycles. The van der Waals surface area contributed by atoms with Crippen LogP contribution in [0, 0.1) is 13.8 Å². The Kier molecular flexibility index (Phi) is 10.4. The van der Waals surface area contributed by atoms with Gasteiger partial charge in [-0.3, -0.25) is 14.4 Å². The van der Waals surface area contributed by atoms with Crippen LogP contribution in [0.3, 0.4) is 0 Å². The highest BCUT2D eigenvalue weighted by atomic mass is 16.7. The summed E-state index contributed by atoms with van der Waals surface area (Å²) in [7, 11) is 1.79. The lowest BCUT2D eigenvalue weighted by Crippen LogP contribution is -2.76. The number of amides is 3. The summed E-state index contributed by atoms with van der Waals surface area (Å²) < 4.78 is 6.54. The monoisotopic (exact) mass is 639 g/mol. The maximum atomic E-state index is 14.0. The van der Waals surface area contributed by atoms with Crippen LogP contribution in [-0.2, 0) is 19.2 Å². The highest BCUT2D eigenvalue weighted by Gasteiger charge is 2.32. The second-order valence-corrected chi connectivity index (χ2v) is 12.0. The molecule has 0 radical (unpaired) electrons. The zero-order valence-corrected chi connectivity index (χ0v) is 27.8. The highest BCUT2D eigenvalue weighted by Crippen LogP contribution is 2.43. The number of nitrogens with one attached hydrogen (secondary N) is 2. The van der Waals surface area contributed by atoms with Crippen LogP contribution in [0.25, 0.3) is 33.4 Å². The Balaban J connectivity index is 1.40. The third-order valence-electron chi connectivity index (χ3n) is 8.49. The number of carbonyl (C=O) groups excluding carboxylic acids is 4. The largest absolute Gasteiger partial charge is 0.456 e. The molecule has 1 saturated heterocycles. The number of hydrogen-bond donors (Lipinski definition) is 2. The van der Waals surface area contributed by atoms with Gasteiger partial charge in [-0.1, -0.05) is 24.6 Å². The predicted molar refractivity (Wildman–Crippen MR) is 179 cm³/mol. The molecule has 47 heavy (non-hydrogen) atoms. The van der Waals surface area contributed by atoms with Crippen molar-refractivity contribution in [2.75, 3.05) is 32.0 Å². The SMILES string of the molecule is CCNc1cc2oc3cc(=[NH+]CC)c(C)cc-3c(-c3ccccc3C(=O)N(C)CCCCCC(=O)ON3C(=O)CCC3=O)c2cc1C. The summed E-state index contributed by atoms with van der Waals surface area (Å²) in [6.07, 6.45) is 2.08. The van der Waals surface area contributed by atoms with E-state index in [-0.39, 0.29) is 25.2 Å². The fourth-order valence-electron chi connectivity index (χ4n) is 6.05. The number of imide groups is 1. The van der Waals surface area contributed by atoms with Gasteiger partial charge in [0.25, 0.3) is 17.7 Å². The number of nitrogens with zero attached hydrogens (tertiary/aromatic N) is 2. The zero-order valence-electron chi connectivity index (χ0n) is 27.8. The Morgan fingerprint density at radius 3 is 2.43 bits per heavy atom.